The van der Waals surface area contributed by atoms with Crippen molar-refractivity contribution in [3.8, 4) is 11.1 Å². The SMILES string of the molecule is Cc1[nH]n(-c2ccc(F)cc2)c(=O)c1C=Nc1ccc(SC#N)cc1. The van der Waals surface area contributed by atoms with Crippen molar-refractivity contribution in [3.05, 3.63) is 76.0 Å². The molecule has 7 heteroatoms. The second-order valence-electron chi connectivity index (χ2n) is 5.21. The average Bonchev–Trinajstić information content (AvgIpc) is 2.90. The van der Waals surface area contributed by atoms with E-state index in [4.69, 9.17) is 5.26 Å². The fourth-order valence-electron chi connectivity index (χ4n) is 2.28. The number of rotatable bonds is 4. The van der Waals surface area contributed by atoms with Crippen LogP contribution in [0.5, 0.6) is 0 Å². The molecule has 0 fully saturated rings. The van der Waals surface area contributed by atoms with Crippen LogP contribution in [0.4, 0.5) is 10.1 Å². The number of aromatic amines is 1. The standard InChI is InChI=1S/C18H13FN4OS/c1-12-17(10-21-14-4-8-16(9-5-14)25-11-20)18(24)23(22-12)15-6-2-13(19)3-7-15/h2-10,22H,1H3. The van der Waals surface area contributed by atoms with E-state index in [1.54, 1.807) is 31.2 Å². The molecule has 1 N–H and O–H groups in total. The van der Waals surface area contributed by atoms with Crippen molar-refractivity contribution in [2.24, 2.45) is 4.99 Å². The van der Waals surface area contributed by atoms with Gasteiger partial charge in [-0.2, -0.15) is 5.26 Å². The van der Waals surface area contributed by atoms with Crippen LogP contribution < -0.4 is 5.56 Å². The number of H-pyrrole nitrogens is 1. The van der Waals surface area contributed by atoms with E-state index in [-0.39, 0.29) is 11.4 Å². The molecule has 1 aromatic heterocycles. The number of aliphatic imine (C=N–C) groups is 1. The summed E-state index contributed by atoms with van der Waals surface area (Å²) in [6.45, 7) is 1.77. The van der Waals surface area contributed by atoms with Gasteiger partial charge in [-0.3, -0.25) is 14.9 Å². The lowest BCUT2D eigenvalue weighted by Gasteiger charge is -2.00. The fraction of sp³-hybridized carbons (Fsp3) is 0.0556. The molecule has 0 amide bonds. The predicted octanol–water partition coefficient (Wildman–Crippen LogP) is 3.94. The van der Waals surface area contributed by atoms with Crippen molar-refractivity contribution in [3.63, 3.8) is 0 Å². The molecule has 0 saturated carbocycles. The summed E-state index contributed by atoms with van der Waals surface area (Å²) in [7, 11) is 0. The van der Waals surface area contributed by atoms with Gasteiger partial charge in [0, 0.05) is 16.8 Å². The van der Waals surface area contributed by atoms with Crippen molar-refractivity contribution < 1.29 is 4.39 Å². The van der Waals surface area contributed by atoms with E-state index >= 15 is 0 Å². The summed E-state index contributed by atoms with van der Waals surface area (Å²) < 4.78 is 14.4. The fourth-order valence-corrected chi connectivity index (χ4v) is 2.65. The molecule has 5 nitrogen and oxygen atoms in total. The van der Waals surface area contributed by atoms with Gasteiger partial charge in [-0.25, -0.2) is 9.07 Å². The summed E-state index contributed by atoms with van der Waals surface area (Å²) in [5, 5.41) is 13.6. The van der Waals surface area contributed by atoms with Crippen LogP contribution in [0.2, 0.25) is 0 Å². The molecule has 0 unspecified atom stereocenters. The van der Waals surface area contributed by atoms with Crippen LogP contribution in [-0.4, -0.2) is 16.0 Å². The summed E-state index contributed by atoms with van der Waals surface area (Å²) in [4.78, 5) is 17.7. The normalized spacial score (nSPS) is 10.9. The van der Waals surface area contributed by atoms with Gasteiger partial charge in [-0.1, -0.05) is 0 Å². The van der Waals surface area contributed by atoms with Crippen LogP contribution in [0.25, 0.3) is 5.69 Å². The van der Waals surface area contributed by atoms with E-state index in [9.17, 15) is 9.18 Å². The molecule has 3 rings (SSSR count). The molecular weight excluding hydrogens is 339 g/mol. The number of thioether (sulfide) groups is 1. The smallest absolute Gasteiger partial charge is 0.280 e. The van der Waals surface area contributed by atoms with Gasteiger partial charge in [-0.15, -0.1) is 0 Å². The zero-order valence-electron chi connectivity index (χ0n) is 13.2. The van der Waals surface area contributed by atoms with Gasteiger partial charge in [0.1, 0.15) is 11.2 Å². The maximum Gasteiger partial charge on any atom is 0.280 e. The monoisotopic (exact) mass is 352 g/mol. The first-order chi connectivity index (χ1) is 12.1. The number of hydrogen-bond acceptors (Lipinski definition) is 4. The Balaban J connectivity index is 1.89. The third-order valence-corrected chi connectivity index (χ3v) is 4.14. The molecule has 0 aliphatic heterocycles. The number of aromatic nitrogens is 2. The third kappa shape index (κ3) is 3.70. The summed E-state index contributed by atoms with van der Waals surface area (Å²) >= 11 is 1.07. The Morgan fingerprint density at radius 1 is 1.20 bits per heavy atom. The number of nitriles is 1. The topological polar surface area (TPSA) is 73.9 Å². The summed E-state index contributed by atoms with van der Waals surface area (Å²) in [5.74, 6) is -0.361. The summed E-state index contributed by atoms with van der Waals surface area (Å²) in [6, 6.07) is 12.8. The molecule has 0 bridgehead atoms. The first-order valence-electron chi connectivity index (χ1n) is 7.36. The van der Waals surface area contributed by atoms with Gasteiger partial charge in [0.15, 0.2) is 0 Å². The number of nitrogens with one attached hydrogen (secondary N) is 1. The number of hydrogen-bond donors (Lipinski definition) is 1. The Hall–Kier alpha value is -3.11. The lowest BCUT2D eigenvalue weighted by molar-refractivity contribution is 0.627. The van der Waals surface area contributed by atoms with Crippen molar-refractivity contribution in [1.29, 1.82) is 5.26 Å². The highest BCUT2D eigenvalue weighted by Gasteiger charge is 2.10. The van der Waals surface area contributed by atoms with Gasteiger partial charge in [0.2, 0.25) is 0 Å². The lowest BCUT2D eigenvalue weighted by atomic mass is 10.2. The van der Waals surface area contributed by atoms with Gasteiger partial charge in [-0.05, 0) is 67.2 Å². The summed E-state index contributed by atoms with van der Waals surface area (Å²) in [6.07, 6.45) is 1.50. The van der Waals surface area contributed by atoms with Gasteiger partial charge >= 0.3 is 0 Å². The Bertz CT molecular complexity index is 1010. The van der Waals surface area contributed by atoms with Crippen molar-refractivity contribution in [1.82, 2.24) is 9.78 Å². The van der Waals surface area contributed by atoms with Gasteiger partial charge in [0.05, 0.1) is 16.9 Å². The van der Waals surface area contributed by atoms with Crippen LogP contribution in [0.3, 0.4) is 0 Å². The number of benzene rings is 2. The molecule has 124 valence electrons. The molecule has 25 heavy (non-hydrogen) atoms. The quantitative estimate of drug-likeness (QED) is 0.439. The third-order valence-electron chi connectivity index (χ3n) is 3.54. The maximum atomic E-state index is 13.0. The van der Waals surface area contributed by atoms with E-state index in [0.29, 0.717) is 22.6 Å². The van der Waals surface area contributed by atoms with Gasteiger partial charge in [0.25, 0.3) is 5.56 Å². The van der Waals surface area contributed by atoms with Crippen LogP contribution >= 0.6 is 11.8 Å². The number of aryl methyl sites for hydroxylation is 1. The van der Waals surface area contributed by atoms with Crippen LogP contribution in [0.15, 0.2) is 63.2 Å². The maximum absolute atomic E-state index is 13.0. The molecule has 1 heterocycles. The predicted molar refractivity (Wildman–Crippen MR) is 96.3 cm³/mol. The van der Waals surface area contributed by atoms with Crippen molar-refractivity contribution in [2.45, 2.75) is 11.8 Å². The highest BCUT2D eigenvalue weighted by atomic mass is 32.2. The molecule has 0 aliphatic carbocycles. The number of thiocyanates is 1. The Morgan fingerprint density at radius 2 is 1.88 bits per heavy atom. The molecule has 0 aliphatic rings. The van der Waals surface area contributed by atoms with E-state index in [1.807, 2.05) is 5.40 Å². The Labute approximate surface area is 147 Å². The van der Waals surface area contributed by atoms with Crippen molar-refractivity contribution in [2.75, 3.05) is 0 Å². The molecule has 2 aromatic carbocycles. The molecule has 0 atom stereocenters. The highest BCUT2D eigenvalue weighted by molar-refractivity contribution is 8.03. The zero-order valence-corrected chi connectivity index (χ0v) is 14.0. The van der Waals surface area contributed by atoms with Crippen molar-refractivity contribution >= 4 is 23.7 Å². The lowest BCUT2D eigenvalue weighted by Crippen LogP contribution is -2.17. The Kier molecular flexibility index (Phi) is 4.82. The molecule has 0 saturated heterocycles. The van der Waals surface area contributed by atoms with Crippen LogP contribution in [0.1, 0.15) is 11.3 Å². The molecular formula is C18H13FN4OS. The molecule has 0 radical (unpaired) electrons. The zero-order chi connectivity index (χ0) is 17.8. The Morgan fingerprint density at radius 3 is 2.52 bits per heavy atom. The summed E-state index contributed by atoms with van der Waals surface area (Å²) in [5.41, 5.74) is 2.06. The van der Waals surface area contributed by atoms with Crippen LogP contribution in [0, 0.1) is 23.4 Å². The van der Waals surface area contributed by atoms with Gasteiger partial charge < -0.3 is 0 Å². The molecule has 0 spiro atoms. The minimum Gasteiger partial charge on any atom is -0.295 e. The van der Waals surface area contributed by atoms with E-state index < -0.39 is 0 Å². The second kappa shape index (κ2) is 7.20. The van der Waals surface area contributed by atoms with E-state index in [0.717, 1.165) is 16.7 Å². The highest BCUT2D eigenvalue weighted by Crippen LogP contribution is 2.20. The average molecular weight is 352 g/mol. The minimum atomic E-state index is -0.361. The number of nitrogens with zero attached hydrogens (tertiary/aromatic N) is 3. The van der Waals surface area contributed by atoms with E-state index in [1.165, 1.54) is 35.2 Å². The van der Waals surface area contributed by atoms with Crippen LogP contribution in [-0.2, 0) is 0 Å². The minimum absolute atomic E-state index is 0.260. The second-order valence-corrected chi connectivity index (χ2v) is 6.07. The van der Waals surface area contributed by atoms with E-state index in [2.05, 4.69) is 10.1 Å². The largest absolute Gasteiger partial charge is 0.295 e. The molecule has 3 aromatic rings. The first kappa shape index (κ1) is 16.7. The number of halogens is 1. The first-order valence-corrected chi connectivity index (χ1v) is 8.18.